The van der Waals surface area contributed by atoms with Crippen molar-refractivity contribution in [2.24, 2.45) is 5.10 Å². The summed E-state index contributed by atoms with van der Waals surface area (Å²) in [5.74, 6) is -1.58. The Morgan fingerprint density at radius 3 is 2.56 bits per heavy atom. The van der Waals surface area contributed by atoms with Gasteiger partial charge in [-0.1, -0.05) is 47.1 Å². The highest BCUT2D eigenvalue weighted by Crippen LogP contribution is 2.46. The molecule has 178 valence electrons. The molecule has 1 aromatic heterocycles. The largest absolute Gasteiger partial charge is 0.417 e. The lowest BCUT2D eigenvalue weighted by Gasteiger charge is -2.31. The predicted octanol–water partition coefficient (Wildman–Crippen LogP) is 5.40. The molecule has 0 saturated carbocycles. The van der Waals surface area contributed by atoms with Crippen LogP contribution in [0.1, 0.15) is 17.9 Å². The third-order valence-corrected chi connectivity index (χ3v) is 6.04. The van der Waals surface area contributed by atoms with Gasteiger partial charge < -0.3 is 9.73 Å². The Morgan fingerprint density at radius 1 is 1.18 bits per heavy atom. The van der Waals surface area contributed by atoms with Gasteiger partial charge in [0.1, 0.15) is 11.5 Å². The van der Waals surface area contributed by atoms with E-state index in [-0.39, 0.29) is 43.9 Å². The summed E-state index contributed by atoms with van der Waals surface area (Å²) in [7, 11) is 0. The quantitative estimate of drug-likeness (QED) is 0.325. The van der Waals surface area contributed by atoms with Gasteiger partial charge in [-0.05, 0) is 35.9 Å². The summed E-state index contributed by atoms with van der Waals surface area (Å²) in [5.41, 5.74) is -0.819. The monoisotopic (exact) mass is 533 g/mol. The standard InChI is InChI=1S/C20H13Cl2F4N5O2S/c21-11-5-10(6-12(22)7-11)19(20(24,25)26)8-15(28-31-19)17-29-30-18(33-17)34-9-16(32)27-14-4-2-1-3-13(14)23/h1-7,31H,8-9H2,(H,27,32). The number of aromatic nitrogens is 2. The number of hydrogen-bond donors (Lipinski definition) is 2. The van der Waals surface area contributed by atoms with Gasteiger partial charge in [-0.2, -0.15) is 18.3 Å². The normalized spacial score (nSPS) is 17.9. The van der Waals surface area contributed by atoms with Crippen LogP contribution in [0, 0.1) is 5.82 Å². The number of carbonyl (C=O) groups excluding carboxylic acids is 1. The van der Waals surface area contributed by atoms with Crippen molar-refractivity contribution < 1.29 is 26.8 Å². The Morgan fingerprint density at radius 2 is 1.88 bits per heavy atom. The molecule has 0 fully saturated rings. The van der Waals surface area contributed by atoms with Crippen molar-refractivity contribution in [2.45, 2.75) is 23.4 Å². The highest BCUT2D eigenvalue weighted by Gasteiger charge is 2.59. The van der Waals surface area contributed by atoms with Crippen LogP contribution in [-0.2, 0) is 10.3 Å². The number of thioether (sulfide) groups is 1. The molecule has 14 heteroatoms. The topological polar surface area (TPSA) is 92.4 Å². The van der Waals surface area contributed by atoms with Gasteiger partial charge in [0.2, 0.25) is 5.91 Å². The van der Waals surface area contributed by atoms with E-state index in [2.05, 4.69) is 26.0 Å². The molecule has 0 bridgehead atoms. The minimum absolute atomic E-state index is 0.00955. The van der Waals surface area contributed by atoms with E-state index in [1.54, 1.807) is 6.07 Å². The number of benzene rings is 2. The van der Waals surface area contributed by atoms with Gasteiger partial charge in [0.05, 0.1) is 11.4 Å². The summed E-state index contributed by atoms with van der Waals surface area (Å²) in [5, 5.41) is 13.6. The highest BCUT2D eigenvalue weighted by atomic mass is 35.5. The first-order valence-electron chi connectivity index (χ1n) is 9.45. The number of para-hydroxylation sites is 1. The molecule has 1 atom stereocenters. The van der Waals surface area contributed by atoms with E-state index < -0.39 is 29.9 Å². The molecule has 1 aliphatic heterocycles. The van der Waals surface area contributed by atoms with E-state index in [1.165, 1.54) is 24.3 Å². The van der Waals surface area contributed by atoms with E-state index in [1.807, 2.05) is 0 Å². The molecule has 0 spiro atoms. The summed E-state index contributed by atoms with van der Waals surface area (Å²) < 4.78 is 61.3. The molecule has 7 nitrogen and oxygen atoms in total. The van der Waals surface area contributed by atoms with Crippen molar-refractivity contribution in [1.29, 1.82) is 0 Å². The molecule has 2 N–H and O–H groups in total. The number of nitrogens with zero attached hydrogens (tertiary/aromatic N) is 3. The van der Waals surface area contributed by atoms with Crippen LogP contribution in [0.25, 0.3) is 0 Å². The van der Waals surface area contributed by atoms with Crippen LogP contribution in [0.15, 0.2) is 57.2 Å². The van der Waals surface area contributed by atoms with Gasteiger partial charge in [0, 0.05) is 16.5 Å². The average molecular weight is 534 g/mol. The van der Waals surface area contributed by atoms with Crippen LogP contribution >= 0.6 is 35.0 Å². The molecule has 2 heterocycles. The minimum atomic E-state index is -4.77. The fourth-order valence-electron chi connectivity index (χ4n) is 3.17. The van der Waals surface area contributed by atoms with Crippen LogP contribution in [0.5, 0.6) is 0 Å². The Balaban J connectivity index is 1.45. The zero-order chi connectivity index (χ0) is 24.5. The summed E-state index contributed by atoms with van der Waals surface area (Å²) in [6.45, 7) is 0. The number of alkyl halides is 3. The van der Waals surface area contributed by atoms with Crippen molar-refractivity contribution >= 4 is 52.3 Å². The number of rotatable bonds is 6. The number of hydrazone groups is 1. The van der Waals surface area contributed by atoms with Crippen molar-refractivity contribution in [3.05, 3.63) is 69.8 Å². The second-order valence-corrected chi connectivity index (χ2v) is 8.90. The smallest absolute Gasteiger partial charge is 0.410 e. The lowest BCUT2D eigenvalue weighted by molar-refractivity contribution is -0.196. The Hall–Kier alpha value is -2.83. The Bertz CT molecular complexity index is 1250. The summed E-state index contributed by atoms with van der Waals surface area (Å²) in [4.78, 5) is 12.0. The molecular formula is C20H13Cl2F4N5O2S. The SMILES string of the molecule is O=C(CSc1nnc(C2=NNC(c3cc(Cl)cc(Cl)c3)(C(F)(F)F)C2)o1)Nc1ccccc1F. The van der Waals surface area contributed by atoms with Gasteiger partial charge in [-0.25, -0.2) is 4.39 Å². The van der Waals surface area contributed by atoms with Crippen LogP contribution in [0.3, 0.4) is 0 Å². The summed E-state index contributed by atoms with van der Waals surface area (Å²) in [6.07, 6.45) is -5.43. The molecule has 1 aliphatic rings. The van der Waals surface area contributed by atoms with Crippen LogP contribution in [0.2, 0.25) is 10.0 Å². The molecule has 3 aromatic rings. The van der Waals surface area contributed by atoms with Crippen LogP contribution < -0.4 is 10.7 Å². The molecule has 0 radical (unpaired) electrons. The van der Waals surface area contributed by atoms with Gasteiger partial charge >= 0.3 is 6.18 Å². The van der Waals surface area contributed by atoms with E-state index in [0.717, 1.165) is 23.9 Å². The third-order valence-electron chi connectivity index (χ3n) is 4.78. The number of anilines is 1. The van der Waals surface area contributed by atoms with Gasteiger partial charge in [-0.15, -0.1) is 10.2 Å². The first kappa shape index (κ1) is 24.3. The van der Waals surface area contributed by atoms with E-state index in [4.69, 9.17) is 27.6 Å². The molecule has 1 unspecified atom stereocenters. The molecule has 2 aromatic carbocycles. The van der Waals surface area contributed by atoms with Crippen LogP contribution in [0.4, 0.5) is 23.2 Å². The predicted molar refractivity (Wildman–Crippen MR) is 119 cm³/mol. The van der Waals surface area contributed by atoms with E-state index in [9.17, 15) is 22.4 Å². The number of amides is 1. The fraction of sp³-hybridized carbons (Fsp3) is 0.200. The molecule has 1 amide bonds. The maximum Gasteiger partial charge on any atom is 0.417 e. The number of nitrogens with one attached hydrogen (secondary N) is 2. The summed E-state index contributed by atoms with van der Waals surface area (Å²) >= 11 is 12.6. The van der Waals surface area contributed by atoms with Crippen molar-refractivity contribution in [1.82, 2.24) is 15.6 Å². The second kappa shape index (κ2) is 9.43. The fourth-order valence-corrected chi connectivity index (χ4v) is 4.26. The van der Waals surface area contributed by atoms with Gasteiger partial charge in [-0.3, -0.25) is 10.2 Å². The lowest BCUT2D eigenvalue weighted by atomic mass is 9.85. The van der Waals surface area contributed by atoms with Crippen LogP contribution in [-0.4, -0.2) is 33.7 Å². The highest BCUT2D eigenvalue weighted by molar-refractivity contribution is 7.99. The zero-order valence-corrected chi connectivity index (χ0v) is 19.1. The van der Waals surface area contributed by atoms with Crippen molar-refractivity contribution in [3.8, 4) is 0 Å². The summed E-state index contributed by atoms with van der Waals surface area (Å²) in [6, 6.07) is 9.25. The number of hydrogen-bond acceptors (Lipinski definition) is 7. The van der Waals surface area contributed by atoms with E-state index in [0.29, 0.717) is 0 Å². The zero-order valence-electron chi connectivity index (χ0n) is 16.8. The number of halogens is 6. The Kier molecular flexibility index (Phi) is 6.74. The maximum atomic E-state index is 14.1. The molecule has 0 aliphatic carbocycles. The van der Waals surface area contributed by atoms with Crippen molar-refractivity contribution in [2.75, 3.05) is 11.1 Å². The first-order chi connectivity index (χ1) is 16.1. The molecule has 0 saturated heterocycles. The van der Waals surface area contributed by atoms with E-state index >= 15 is 0 Å². The van der Waals surface area contributed by atoms with Gasteiger partial charge in [0.25, 0.3) is 11.1 Å². The first-order valence-corrected chi connectivity index (χ1v) is 11.2. The molecule has 34 heavy (non-hydrogen) atoms. The van der Waals surface area contributed by atoms with Crippen molar-refractivity contribution in [3.63, 3.8) is 0 Å². The van der Waals surface area contributed by atoms with Gasteiger partial charge in [0.15, 0.2) is 5.54 Å². The Labute approximate surface area is 203 Å². The maximum absolute atomic E-state index is 14.1. The lowest BCUT2D eigenvalue weighted by Crippen LogP contribution is -2.49. The molecule has 4 rings (SSSR count). The minimum Gasteiger partial charge on any atom is -0.410 e. The average Bonchev–Trinajstić information content (AvgIpc) is 3.41. The number of carbonyl (C=O) groups is 1. The molecular weight excluding hydrogens is 521 g/mol. The second-order valence-electron chi connectivity index (χ2n) is 7.10. The third kappa shape index (κ3) is 4.98.